The summed E-state index contributed by atoms with van der Waals surface area (Å²) in [6.45, 7) is 27.6. The lowest BCUT2D eigenvalue weighted by molar-refractivity contribution is -0.140. The average Bonchev–Trinajstić information content (AvgIpc) is 3.71. The maximum Gasteiger partial charge on any atom is 0.334 e. The van der Waals surface area contributed by atoms with E-state index in [9.17, 15) is 9.59 Å². The molecule has 2 saturated heterocycles. The number of Topliss-reactive ketones (excluding diaryl/α,β-unsaturated/α-hetero) is 1. The molecule has 56 heavy (non-hydrogen) atoms. The first kappa shape index (κ1) is 49.5. The van der Waals surface area contributed by atoms with Crippen molar-refractivity contribution in [2.45, 2.75) is 276 Å². The minimum atomic E-state index is -2.06. The highest BCUT2D eigenvalue weighted by Crippen LogP contribution is 2.42. The normalized spacial score (nSPS) is 25.0. The van der Waals surface area contributed by atoms with Crippen molar-refractivity contribution in [1.82, 2.24) is 0 Å². The van der Waals surface area contributed by atoms with Crippen LogP contribution in [-0.2, 0) is 32.7 Å². The molecule has 0 unspecified atom stereocenters. The maximum atomic E-state index is 13.2. The standard InChI is InChI=1S/C47H88O7Si2/c1-13-14-15-16-17-18-19-20-21-22-29-43(53-55(9,10)46(3,4)5)41-31-32-42(52-41)44(54-56(11,12)47(6,7)8)30-24-23-26-38(48)35-40-28-25-27-39(51-40)34-37-33-36(2)50-45(37)49/h33,36,39-44H,13-32,34-35H2,1-12H3/t36-,39+,40-,41-,42+,43-,44+/m0/s1. The Hall–Kier alpha value is -0.846. The number of cyclic esters (lactones) is 1. The Morgan fingerprint density at radius 3 is 1.68 bits per heavy atom. The number of carbonyl (C=O) groups is 2. The summed E-state index contributed by atoms with van der Waals surface area (Å²) in [5, 5.41) is 0.257. The molecule has 9 heteroatoms. The Bertz CT molecular complexity index is 1200. The van der Waals surface area contributed by atoms with Crippen molar-refractivity contribution in [1.29, 1.82) is 0 Å². The van der Waals surface area contributed by atoms with Crippen molar-refractivity contribution in [3.63, 3.8) is 0 Å². The number of unbranched alkanes of at least 4 members (excludes halogenated alkanes) is 10. The van der Waals surface area contributed by atoms with Crippen LogP contribution in [0.4, 0.5) is 0 Å². The molecule has 0 aliphatic carbocycles. The molecule has 3 heterocycles. The van der Waals surface area contributed by atoms with Crippen molar-refractivity contribution in [2.75, 3.05) is 0 Å². The van der Waals surface area contributed by atoms with Crippen LogP contribution >= 0.6 is 0 Å². The molecule has 7 atom stereocenters. The van der Waals surface area contributed by atoms with Crippen molar-refractivity contribution in [3.8, 4) is 0 Å². The van der Waals surface area contributed by atoms with Crippen LogP contribution in [0.2, 0.25) is 36.3 Å². The van der Waals surface area contributed by atoms with E-state index in [0.717, 1.165) is 57.8 Å². The zero-order valence-corrected chi connectivity index (χ0v) is 40.5. The van der Waals surface area contributed by atoms with Crippen LogP contribution in [0, 0.1) is 0 Å². The van der Waals surface area contributed by atoms with E-state index in [2.05, 4.69) is 74.7 Å². The Labute approximate surface area is 347 Å². The lowest BCUT2D eigenvalue weighted by Crippen LogP contribution is -2.48. The van der Waals surface area contributed by atoms with E-state index in [1.807, 2.05) is 13.0 Å². The number of hydrogen-bond donors (Lipinski definition) is 0. The zero-order valence-electron chi connectivity index (χ0n) is 38.5. The van der Waals surface area contributed by atoms with Crippen LogP contribution in [0.25, 0.3) is 0 Å². The van der Waals surface area contributed by atoms with E-state index >= 15 is 0 Å². The van der Waals surface area contributed by atoms with Gasteiger partial charge in [-0.05, 0) is 101 Å². The second-order valence-electron chi connectivity index (χ2n) is 20.9. The van der Waals surface area contributed by atoms with Crippen molar-refractivity contribution < 1.29 is 32.7 Å². The van der Waals surface area contributed by atoms with E-state index in [-0.39, 0.29) is 64.6 Å². The minimum absolute atomic E-state index is 0.0177. The molecule has 3 aliphatic rings. The van der Waals surface area contributed by atoms with Crippen LogP contribution in [0.15, 0.2) is 11.6 Å². The fourth-order valence-corrected chi connectivity index (χ4v) is 10.9. The second-order valence-corrected chi connectivity index (χ2v) is 30.4. The molecule has 0 aromatic carbocycles. The molecule has 0 aromatic rings. The molecule has 0 spiro atoms. The first-order valence-corrected chi connectivity index (χ1v) is 29.1. The van der Waals surface area contributed by atoms with Gasteiger partial charge in [0.05, 0.1) is 36.6 Å². The first-order valence-electron chi connectivity index (χ1n) is 23.3. The summed E-state index contributed by atoms with van der Waals surface area (Å²) in [7, 11) is -4.04. The smallest absolute Gasteiger partial charge is 0.334 e. The minimum Gasteiger partial charge on any atom is -0.455 e. The zero-order chi connectivity index (χ0) is 41.6. The molecule has 3 rings (SSSR count). The molecule has 0 amide bonds. The van der Waals surface area contributed by atoms with Crippen LogP contribution in [0.5, 0.6) is 0 Å². The lowest BCUT2D eigenvalue weighted by Gasteiger charge is -2.42. The molecular weight excluding hydrogens is 733 g/mol. The van der Waals surface area contributed by atoms with Crippen LogP contribution in [0.3, 0.4) is 0 Å². The summed E-state index contributed by atoms with van der Waals surface area (Å²) in [5.74, 6) is 0.0534. The Balaban J connectivity index is 1.55. The molecule has 0 N–H and O–H groups in total. The van der Waals surface area contributed by atoms with Gasteiger partial charge in [-0.25, -0.2) is 4.79 Å². The number of ketones is 1. The highest BCUT2D eigenvalue weighted by atomic mass is 28.4. The summed E-state index contributed by atoms with van der Waals surface area (Å²) in [4.78, 5) is 25.3. The van der Waals surface area contributed by atoms with Crippen molar-refractivity contribution >= 4 is 28.4 Å². The number of carbonyl (C=O) groups excluding carboxylic acids is 2. The van der Waals surface area contributed by atoms with Gasteiger partial charge in [0.15, 0.2) is 16.6 Å². The largest absolute Gasteiger partial charge is 0.455 e. The molecular formula is C47H88O7Si2. The van der Waals surface area contributed by atoms with Crippen LogP contribution in [0.1, 0.15) is 197 Å². The van der Waals surface area contributed by atoms with Gasteiger partial charge < -0.3 is 23.1 Å². The van der Waals surface area contributed by atoms with Gasteiger partial charge in [0.25, 0.3) is 0 Å². The lowest BCUT2D eigenvalue weighted by atomic mass is 9.95. The van der Waals surface area contributed by atoms with Gasteiger partial charge in [0.2, 0.25) is 0 Å². The number of ether oxygens (including phenoxy) is 3. The first-order chi connectivity index (χ1) is 26.2. The summed E-state index contributed by atoms with van der Waals surface area (Å²) >= 11 is 0. The predicted molar refractivity (Wildman–Crippen MR) is 237 cm³/mol. The van der Waals surface area contributed by atoms with E-state index < -0.39 is 16.6 Å². The molecule has 0 radical (unpaired) electrons. The van der Waals surface area contributed by atoms with Gasteiger partial charge in [0.1, 0.15) is 11.9 Å². The highest BCUT2D eigenvalue weighted by molar-refractivity contribution is 6.74. The fraction of sp³-hybridized carbons (Fsp3) is 0.915. The summed E-state index contributed by atoms with van der Waals surface area (Å²) in [6.07, 6.45) is 25.7. The van der Waals surface area contributed by atoms with Gasteiger partial charge in [-0.2, -0.15) is 0 Å². The van der Waals surface area contributed by atoms with E-state index in [1.54, 1.807) is 0 Å². The van der Waals surface area contributed by atoms with E-state index in [0.29, 0.717) is 24.8 Å². The third-order valence-corrected chi connectivity index (χ3v) is 22.8. The molecule has 0 saturated carbocycles. The monoisotopic (exact) mass is 821 g/mol. The van der Waals surface area contributed by atoms with E-state index in [1.165, 1.54) is 64.2 Å². The summed E-state index contributed by atoms with van der Waals surface area (Å²) < 4.78 is 33.1. The van der Waals surface area contributed by atoms with Crippen LogP contribution < -0.4 is 0 Å². The Kier molecular flexibility index (Phi) is 20.5. The average molecular weight is 821 g/mol. The van der Waals surface area contributed by atoms with Gasteiger partial charge in [-0.3, -0.25) is 4.79 Å². The number of esters is 1. The van der Waals surface area contributed by atoms with E-state index in [4.69, 9.17) is 23.1 Å². The fourth-order valence-electron chi connectivity index (χ4n) is 8.15. The Morgan fingerprint density at radius 2 is 1.20 bits per heavy atom. The molecule has 0 aromatic heterocycles. The highest BCUT2D eigenvalue weighted by Gasteiger charge is 2.46. The molecule has 0 bridgehead atoms. The SMILES string of the molecule is CCCCCCCCCCCC[C@H](O[Si](C)(C)C(C)(C)C)[C@@H]1CC[C@H]([C@@H](CCCCC(=O)C[C@@H]2CCC[C@H](CC3=C[C@H](C)OC3=O)O2)O[Si](C)(C)C(C)(C)C)O1. The maximum absolute atomic E-state index is 13.2. The third kappa shape index (κ3) is 16.7. The second kappa shape index (κ2) is 23.2. The topological polar surface area (TPSA) is 80.3 Å². The summed E-state index contributed by atoms with van der Waals surface area (Å²) in [5.41, 5.74) is 0.717. The predicted octanol–water partition coefficient (Wildman–Crippen LogP) is 13.3. The van der Waals surface area contributed by atoms with Crippen molar-refractivity contribution in [2.24, 2.45) is 0 Å². The third-order valence-electron chi connectivity index (χ3n) is 13.8. The molecule has 2 fully saturated rings. The Morgan fingerprint density at radius 1 is 0.714 bits per heavy atom. The molecule has 326 valence electrons. The summed E-state index contributed by atoms with van der Waals surface area (Å²) in [6, 6.07) is 0. The van der Waals surface area contributed by atoms with Gasteiger partial charge in [-0.1, -0.05) is 119 Å². The van der Waals surface area contributed by atoms with Gasteiger partial charge in [-0.15, -0.1) is 0 Å². The van der Waals surface area contributed by atoms with Crippen molar-refractivity contribution in [3.05, 3.63) is 11.6 Å². The molecule has 7 nitrogen and oxygen atoms in total. The number of rotatable bonds is 26. The quantitative estimate of drug-likeness (QED) is 0.0488. The molecule has 3 aliphatic heterocycles. The van der Waals surface area contributed by atoms with Gasteiger partial charge >= 0.3 is 5.97 Å². The van der Waals surface area contributed by atoms with Gasteiger partial charge in [0, 0.05) is 24.8 Å². The number of hydrogen-bond acceptors (Lipinski definition) is 7. The van der Waals surface area contributed by atoms with Crippen LogP contribution in [-0.4, -0.2) is 71.1 Å².